The molecule has 0 heterocycles. The van der Waals surface area contributed by atoms with Crippen LogP contribution in [0.2, 0.25) is 0 Å². The van der Waals surface area contributed by atoms with E-state index in [1.54, 1.807) is 20.2 Å². The number of rotatable bonds is 4. The van der Waals surface area contributed by atoms with E-state index in [4.69, 9.17) is 10.8 Å². The molecule has 0 saturated carbocycles. The summed E-state index contributed by atoms with van der Waals surface area (Å²) in [6.07, 6.45) is 0.101. The van der Waals surface area contributed by atoms with Crippen molar-refractivity contribution in [1.29, 1.82) is 0 Å². The van der Waals surface area contributed by atoms with Gasteiger partial charge in [0.25, 0.3) is 5.91 Å². The lowest BCUT2D eigenvalue weighted by Gasteiger charge is -2.13. The second-order valence-electron chi connectivity index (χ2n) is 4.20. The number of hydrogen-bond donors (Lipinski definition) is 3. The Morgan fingerprint density at radius 1 is 1.39 bits per heavy atom. The number of nitrogens with zero attached hydrogens (tertiary/aromatic N) is 1. The fourth-order valence-corrected chi connectivity index (χ4v) is 1.46. The van der Waals surface area contributed by atoms with Crippen molar-refractivity contribution in [2.45, 2.75) is 12.5 Å². The molecule has 1 rings (SSSR count). The van der Waals surface area contributed by atoms with Crippen LogP contribution in [0.15, 0.2) is 18.2 Å². The molecule has 0 aliphatic carbocycles. The normalized spacial score (nSPS) is 11.9. The van der Waals surface area contributed by atoms with E-state index in [2.05, 4.69) is 0 Å². The summed E-state index contributed by atoms with van der Waals surface area (Å²) >= 11 is 0. The molecule has 1 amide bonds. The van der Waals surface area contributed by atoms with Gasteiger partial charge in [0, 0.05) is 14.1 Å². The zero-order chi connectivity index (χ0) is 13.9. The molecule has 0 aliphatic heterocycles. The molecule has 0 aliphatic rings. The van der Waals surface area contributed by atoms with Crippen LogP contribution in [0.3, 0.4) is 0 Å². The van der Waals surface area contributed by atoms with E-state index in [1.807, 2.05) is 0 Å². The summed E-state index contributed by atoms with van der Waals surface area (Å²) in [5, 5.41) is 18.3. The van der Waals surface area contributed by atoms with Crippen LogP contribution >= 0.6 is 0 Å². The predicted molar refractivity (Wildman–Crippen MR) is 65.4 cm³/mol. The molecule has 6 heteroatoms. The maximum atomic E-state index is 11.8. The molecule has 0 bridgehead atoms. The summed E-state index contributed by atoms with van der Waals surface area (Å²) in [6.45, 7) is 0. The minimum atomic E-state index is -1.11. The molecular weight excluding hydrogens is 236 g/mol. The lowest BCUT2D eigenvalue weighted by molar-refractivity contribution is -0.138. The Hall–Kier alpha value is -2.08. The number of carbonyl (C=O) groups excluding carboxylic acids is 1. The van der Waals surface area contributed by atoms with Crippen LogP contribution < -0.4 is 5.73 Å². The minimum absolute atomic E-state index is 0.101. The van der Waals surface area contributed by atoms with Crippen molar-refractivity contribution < 1.29 is 19.8 Å². The predicted octanol–water partition coefficient (Wildman–Crippen LogP) is 0.0484. The van der Waals surface area contributed by atoms with E-state index >= 15 is 0 Å². The first-order valence-corrected chi connectivity index (χ1v) is 5.35. The van der Waals surface area contributed by atoms with Crippen molar-refractivity contribution in [3.05, 3.63) is 29.3 Å². The Kier molecular flexibility index (Phi) is 4.28. The molecule has 0 fully saturated rings. The number of hydrogen-bond acceptors (Lipinski definition) is 4. The topological polar surface area (TPSA) is 104 Å². The second-order valence-corrected chi connectivity index (χ2v) is 4.20. The zero-order valence-corrected chi connectivity index (χ0v) is 10.3. The van der Waals surface area contributed by atoms with Gasteiger partial charge >= 0.3 is 5.97 Å². The summed E-state index contributed by atoms with van der Waals surface area (Å²) in [5.41, 5.74) is 6.14. The Bertz CT molecular complexity index is 471. The lowest BCUT2D eigenvalue weighted by atomic mass is 10.0. The number of aliphatic carboxylic acids is 1. The first-order chi connectivity index (χ1) is 8.32. The third kappa shape index (κ3) is 3.21. The van der Waals surface area contributed by atoms with Gasteiger partial charge in [-0.3, -0.25) is 9.59 Å². The van der Waals surface area contributed by atoms with Crippen molar-refractivity contribution in [3.63, 3.8) is 0 Å². The lowest BCUT2D eigenvalue weighted by Crippen LogP contribution is -2.32. The van der Waals surface area contributed by atoms with Gasteiger partial charge in [-0.25, -0.2) is 0 Å². The maximum Gasteiger partial charge on any atom is 0.320 e. The van der Waals surface area contributed by atoms with E-state index in [-0.39, 0.29) is 23.6 Å². The summed E-state index contributed by atoms with van der Waals surface area (Å²) < 4.78 is 0. The van der Waals surface area contributed by atoms with Gasteiger partial charge < -0.3 is 20.8 Å². The zero-order valence-electron chi connectivity index (χ0n) is 10.3. The van der Waals surface area contributed by atoms with Gasteiger partial charge in [-0.15, -0.1) is 0 Å². The highest BCUT2D eigenvalue weighted by Gasteiger charge is 2.17. The maximum absolute atomic E-state index is 11.8. The van der Waals surface area contributed by atoms with Crippen LogP contribution in [0.25, 0.3) is 0 Å². The van der Waals surface area contributed by atoms with E-state index < -0.39 is 12.0 Å². The van der Waals surface area contributed by atoms with Crippen molar-refractivity contribution in [1.82, 2.24) is 4.90 Å². The Morgan fingerprint density at radius 2 is 2.00 bits per heavy atom. The summed E-state index contributed by atoms with van der Waals surface area (Å²) in [7, 11) is 3.13. The number of carboxylic acid groups (broad SMARTS) is 1. The van der Waals surface area contributed by atoms with Crippen LogP contribution in [0.4, 0.5) is 0 Å². The smallest absolute Gasteiger partial charge is 0.320 e. The number of amides is 1. The van der Waals surface area contributed by atoms with Crippen LogP contribution in [0.5, 0.6) is 5.75 Å². The van der Waals surface area contributed by atoms with Crippen LogP contribution in [-0.2, 0) is 11.2 Å². The Morgan fingerprint density at radius 3 is 2.50 bits per heavy atom. The van der Waals surface area contributed by atoms with Gasteiger partial charge in [-0.1, -0.05) is 6.07 Å². The number of nitrogens with two attached hydrogens (primary N) is 1. The highest BCUT2D eigenvalue weighted by atomic mass is 16.4. The first kappa shape index (κ1) is 14.0. The molecule has 1 aromatic carbocycles. The van der Waals surface area contributed by atoms with Gasteiger partial charge in [-0.2, -0.15) is 0 Å². The third-order valence-corrected chi connectivity index (χ3v) is 2.47. The monoisotopic (exact) mass is 252 g/mol. The van der Waals surface area contributed by atoms with Crippen molar-refractivity contribution in [3.8, 4) is 5.75 Å². The average Bonchev–Trinajstić information content (AvgIpc) is 2.30. The molecule has 98 valence electrons. The first-order valence-electron chi connectivity index (χ1n) is 5.35. The molecule has 0 aromatic heterocycles. The van der Waals surface area contributed by atoms with Gasteiger partial charge in [0.15, 0.2) is 0 Å². The van der Waals surface area contributed by atoms with Gasteiger partial charge in [0.2, 0.25) is 0 Å². The molecule has 18 heavy (non-hydrogen) atoms. The van der Waals surface area contributed by atoms with Crippen LogP contribution in [0, 0.1) is 0 Å². The quantitative estimate of drug-likeness (QED) is 0.702. The van der Waals surface area contributed by atoms with E-state index in [1.165, 1.54) is 17.0 Å². The highest BCUT2D eigenvalue weighted by Crippen LogP contribution is 2.20. The van der Waals surface area contributed by atoms with Crippen molar-refractivity contribution >= 4 is 11.9 Å². The average molecular weight is 252 g/mol. The van der Waals surface area contributed by atoms with Crippen molar-refractivity contribution in [2.75, 3.05) is 14.1 Å². The molecule has 1 atom stereocenters. The molecule has 4 N–H and O–H groups in total. The molecule has 1 aromatic rings. The fourth-order valence-electron chi connectivity index (χ4n) is 1.46. The number of carbonyl (C=O) groups is 2. The number of phenolic OH excluding ortho intramolecular Hbond substituents is 1. The summed E-state index contributed by atoms with van der Waals surface area (Å²) in [4.78, 5) is 23.7. The number of aromatic hydroxyl groups is 1. The largest absolute Gasteiger partial charge is 0.507 e. The van der Waals surface area contributed by atoms with E-state index in [9.17, 15) is 14.7 Å². The standard InChI is InChI=1S/C12H16N2O4/c1-14(2)11(16)8-5-7(3-4-10(8)15)6-9(13)12(17)18/h3-5,9,15H,6,13H2,1-2H3,(H,17,18). The van der Waals surface area contributed by atoms with Crippen LogP contribution in [-0.4, -0.2) is 47.1 Å². The third-order valence-electron chi connectivity index (χ3n) is 2.47. The molecular formula is C12H16N2O4. The number of carboxylic acids is 1. The van der Waals surface area contributed by atoms with Gasteiger partial charge in [-0.05, 0) is 24.1 Å². The van der Waals surface area contributed by atoms with Crippen molar-refractivity contribution in [2.24, 2.45) is 5.73 Å². The SMILES string of the molecule is CN(C)C(=O)c1cc(CC(N)C(=O)O)ccc1O. The van der Waals surface area contributed by atoms with E-state index in [0.29, 0.717) is 5.56 Å². The second kappa shape index (κ2) is 5.50. The summed E-state index contributed by atoms with van der Waals surface area (Å²) in [6, 6.07) is 3.34. The number of benzene rings is 1. The fraction of sp³-hybridized carbons (Fsp3) is 0.333. The Labute approximate surface area is 105 Å². The molecule has 0 saturated heterocycles. The molecule has 0 spiro atoms. The minimum Gasteiger partial charge on any atom is -0.507 e. The van der Waals surface area contributed by atoms with E-state index in [0.717, 1.165) is 0 Å². The molecule has 1 unspecified atom stereocenters. The molecule has 0 radical (unpaired) electrons. The molecule has 6 nitrogen and oxygen atoms in total. The van der Waals surface area contributed by atoms with Gasteiger partial charge in [0.05, 0.1) is 5.56 Å². The summed E-state index contributed by atoms with van der Waals surface area (Å²) in [5.74, 6) is -1.59. The highest BCUT2D eigenvalue weighted by molar-refractivity contribution is 5.96. The van der Waals surface area contributed by atoms with Crippen LogP contribution in [0.1, 0.15) is 15.9 Å². The van der Waals surface area contributed by atoms with Gasteiger partial charge in [0.1, 0.15) is 11.8 Å². The number of phenols is 1. The Balaban J connectivity index is 3.01.